The van der Waals surface area contributed by atoms with E-state index < -0.39 is 0 Å². The first-order valence-corrected chi connectivity index (χ1v) is 16.4. The van der Waals surface area contributed by atoms with Crippen LogP contribution in [0.3, 0.4) is 0 Å². The Morgan fingerprint density at radius 1 is 0.347 bits per heavy atom. The molecule has 0 unspecified atom stereocenters. The molecule has 9 rings (SSSR count). The summed E-state index contributed by atoms with van der Waals surface area (Å²) in [5, 5.41) is 2.33. The number of nitrogens with zero attached hydrogens (tertiary/aromatic N) is 4. The lowest BCUT2D eigenvalue weighted by Crippen LogP contribution is -1.95. The quantitative estimate of drug-likeness (QED) is 0.184. The van der Waals surface area contributed by atoms with Crippen molar-refractivity contribution in [3.05, 3.63) is 183 Å². The van der Waals surface area contributed by atoms with Gasteiger partial charge >= 0.3 is 0 Å². The molecule has 9 aromatic rings. The first kappa shape index (κ1) is 28.6. The van der Waals surface area contributed by atoms with Crippen molar-refractivity contribution in [3.63, 3.8) is 0 Å². The number of benzene rings is 5. The third-order valence-corrected chi connectivity index (χ3v) is 9.23. The first-order chi connectivity index (χ1) is 24.3. The molecule has 230 valence electrons. The predicted octanol–water partition coefficient (Wildman–Crippen LogP) is 11.3. The monoisotopic (exact) mass is 626 g/mol. The number of fused-ring (bicyclic) bond motifs is 3. The van der Waals surface area contributed by atoms with Crippen LogP contribution in [-0.2, 0) is 0 Å². The molecule has 4 heterocycles. The van der Waals surface area contributed by atoms with Crippen LogP contribution >= 0.6 is 0 Å². The van der Waals surface area contributed by atoms with Crippen LogP contribution in [-0.4, -0.2) is 19.5 Å². The van der Waals surface area contributed by atoms with Crippen molar-refractivity contribution in [2.45, 2.75) is 0 Å². The Bertz CT molecular complexity index is 2400. The van der Waals surface area contributed by atoms with E-state index in [2.05, 4.69) is 160 Å². The average Bonchev–Trinajstić information content (AvgIpc) is 3.53. The summed E-state index contributed by atoms with van der Waals surface area (Å²) in [6, 6.07) is 55.6. The van der Waals surface area contributed by atoms with Crippen LogP contribution in [0.5, 0.6) is 0 Å². The summed E-state index contributed by atoms with van der Waals surface area (Å²) in [6.45, 7) is 0. The predicted molar refractivity (Wildman–Crippen MR) is 201 cm³/mol. The van der Waals surface area contributed by atoms with Gasteiger partial charge in [-0.25, -0.2) is 4.98 Å². The van der Waals surface area contributed by atoms with Gasteiger partial charge in [0, 0.05) is 40.0 Å². The second-order valence-electron chi connectivity index (χ2n) is 12.2. The zero-order valence-electron chi connectivity index (χ0n) is 26.6. The molecular weight excluding hydrogens is 597 g/mol. The van der Waals surface area contributed by atoms with Crippen LogP contribution < -0.4 is 0 Å². The van der Waals surface area contributed by atoms with Crippen LogP contribution in [0.4, 0.5) is 0 Å². The fourth-order valence-corrected chi connectivity index (χ4v) is 6.72. The number of pyridine rings is 3. The summed E-state index contributed by atoms with van der Waals surface area (Å²) < 4.78 is 2.24. The molecule has 0 radical (unpaired) electrons. The maximum Gasteiger partial charge on any atom is 0.0725 e. The van der Waals surface area contributed by atoms with E-state index in [0.717, 1.165) is 61.1 Å². The van der Waals surface area contributed by atoms with Crippen molar-refractivity contribution in [3.8, 4) is 61.6 Å². The molecule has 5 aromatic carbocycles. The van der Waals surface area contributed by atoms with Crippen LogP contribution in [0.15, 0.2) is 183 Å². The van der Waals surface area contributed by atoms with Gasteiger partial charge in [-0.05, 0) is 69.8 Å². The van der Waals surface area contributed by atoms with E-state index in [1.165, 1.54) is 22.3 Å². The van der Waals surface area contributed by atoms with E-state index >= 15 is 0 Å². The lowest BCUT2D eigenvalue weighted by Gasteiger charge is -2.13. The smallest absolute Gasteiger partial charge is 0.0725 e. The highest BCUT2D eigenvalue weighted by atomic mass is 15.0. The summed E-state index contributed by atoms with van der Waals surface area (Å²) in [5.41, 5.74) is 14.2. The Kier molecular flexibility index (Phi) is 7.10. The highest BCUT2D eigenvalue weighted by Gasteiger charge is 2.14. The fraction of sp³-hybridized carbons (Fsp3) is 0. The molecule has 0 saturated heterocycles. The van der Waals surface area contributed by atoms with Gasteiger partial charge in [-0.15, -0.1) is 0 Å². The highest BCUT2D eigenvalue weighted by molar-refractivity contribution is 6.08. The van der Waals surface area contributed by atoms with E-state index in [1.807, 2.05) is 36.9 Å². The largest absolute Gasteiger partial charge is 0.306 e. The minimum atomic E-state index is 0.933. The highest BCUT2D eigenvalue weighted by Crippen LogP contribution is 2.35. The molecule has 0 aliphatic heterocycles. The number of aromatic nitrogens is 4. The minimum Gasteiger partial charge on any atom is -0.306 e. The summed E-state index contributed by atoms with van der Waals surface area (Å²) in [4.78, 5) is 14.1. The summed E-state index contributed by atoms with van der Waals surface area (Å²) >= 11 is 0. The average molecular weight is 627 g/mol. The molecule has 4 nitrogen and oxygen atoms in total. The van der Waals surface area contributed by atoms with E-state index in [1.54, 1.807) is 0 Å². The van der Waals surface area contributed by atoms with Crippen molar-refractivity contribution in [1.29, 1.82) is 0 Å². The number of rotatable bonds is 6. The SMILES string of the molecule is c1ccc(-c2ccc(-c3cc(-c4ccc(-n5c6cnccc6c6ccncc65)cc4)cc(-c4ccc(-c5ccccc5)cc4)n3)cc2)cc1. The van der Waals surface area contributed by atoms with Crippen molar-refractivity contribution in [2.24, 2.45) is 0 Å². The summed E-state index contributed by atoms with van der Waals surface area (Å²) in [6.07, 6.45) is 7.55. The van der Waals surface area contributed by atoms with E-state index in [4.69, 9.17) is 4.98 Å². The molecule has 4 heteroatoms. The lowest BCUT2D eigenvalue weighted by molar-refractivity contribution is 1.15. The third kappa shape index (κ3) is 5.35. The first-order valence-electron chi connectivity index (χ1n) is 16.4. The molecule has 0 fully saturated rings. The fourth-order valence-electron chi connectivity index (χ4n) is 6.72. The summed E-state index contributed by atoms with van der Waals surface area (Å²) in [5.74, 6) is 0. The van der Waals surface area contributed by atoms with Crippen molar-refractivity contribution in [1.82, 2.24) is 19.5 Å². The van der Waals surface area contributed by atoms with Gasteiger partial charge in [-0.3, -0.25) is 9.97 Å². The van der Waals surface area contributed by atoms with Crippen molar-refractivity contribution in [2.75, 3.05) is 0 Å². The third-order valence-electron chi connectivity index (χ3n) is 9.23. The van der Waals surface area contributed by atoms with E-state index in [0.29, 0.717) is 0 Å². The number of hydrogen-bond donors (Lipinski definition) is 0. The minimum absolute atomic E-state index is 0.933. The van der Waals surface area contributed by atoms with Crippen LogP contribution in [0.1, 0.15) is 0 Å². The Hall–Kier alpha value is -6.65. The standard InChI is InChI=1S/C45H30N4/c1-3-7-31(8-4-1)33-11-15-36(16-12-33)42-27-38(28-43(48-42)37-17-13-34(14-18-37)32-9-5-2-6-10-32)35-19-21-39(22-20-35)49-44-29-46-25-23-40(44)41-24-26-47-30-45(41)49/h1-30H. The van der Waals surface area contributed by atoms with Gasteiger partial charge in [-0.2, -0.15) is 0 Å². The zero-order valence-corrected chi connectivity index (χ0v) is 26.6. The molecule has 49 heavy (non-hydrogen) atoms. The van der Waals surface area contributed by atoms with Crippen LogP contribution in [0.2, 0.25) is 0 Å². The maximum absolute atomic E-state index is 5.21. The Morgan fingerprint density at radius 2 is 0.735 bits per heavy atom. The van der Waals surface area contributed by atoms with E-state index in [-0.39, 0.29) is 0 Å². The topological polar surface area (TPSA) is 43.6 Å². The molecule has 0 saturated carbocycles. The van der Waals surface area contributed by atoms with Crippen molar-refractivity contribution < 1.29 is 0 Å². The molecule has 0 aliphatic rings. The molecule has 0 bridgehead atoms. The van der Waals surface area contributed by atoms with Gasteiger partial charge in [0.2, 0.25) is 0 Å². The van der Waals surface area contributed by atoms with Gasteiger partial charge in [-0.1, -0.05) is 121 Å². The normalized spacial score (nSPS) is 11.3. The Labute approximate surface area is 284 Å². The van der Waals surface area contributed by atoms with Crippen LogP contribution in [0.25, 0.3) is 83.4 Å². The van der Waals surface area contributed by atoms with Gasteiger partial charge in [0.25, 0.3) is 0 Å². The molecule has 0 N–H and O–H groups in total. The Balaban J connectivity index is 1.13. The number of hydrogen-bond acceptors (Lipinski definition) is 3. The van der Waals surface area contributed by atoms with Gasteiger partial charge in [0.15, 0.2) is 0 Å². The van der Waals surface area contributed by atoms with Crippen molar-refractivity contribution >= 4 is 21.8 Å². The molecule has 0 amide bonds. The maximum atomic E-state index is 5.21. The van der Waals surface area contributed by atoms with E-state index in [9.17, 15) is 0 Å². The van der Waals surface area contributed by atoms with Gasteiger partial charge in [0.05, 0.1) is 34.8 Å². The van der Waals surface area contributed by atoms with Gasteiger partial charge in [0.1, 0.15) is 0 Å². The molecule has 0 atom stereocenters. The second-order valence-corrected chi connectivity index (χ2v) is 12.2. The Morgan fingerprint density at radius 3 is 1.20 bits per heavy atom. The van der Waals surface area contributed by atoms with Crippen LogP contribution in [0, 0.1) is 0 Å². The summed E-state index contributed by atoms with van der Waals surface area (Å²) in [7, 11) is 0. The molecule has 0 spiro atoms. The molecule has 4 aromatic heterocycles. The zero-order chi connectivity index (χ0) is 32.6. The molecular formula is C45H30N4. The molecule has 0 aliphatic carbocycles. The lowest BCUT2D eigenvalue weighted by atomic mass is 9.97. The van der Waals surface area contributed by atoms with Gasteiger partial charge < -0.3 is 4.57 Å². The second kappa shape index (κ2) is 12.2.